The van der Waals surface area contributed by atoms with Gasteiger partial charge in [-0.1, -0.05) is 47.5 Å². The largest absolute Gasteiger partial charge is 0.351 e. The maximum absolute atomic E-state index is 13.4. The number of amides is 2. The Balaban J connectivity index is 1.76. The fourth-order valence-corrected chi connectivity index (χ4v) is 4.18. The summed E-state index contributed by atoms with van der Waals surface area (Å²) >= 11 is 5.97. The van der Waals surface area contributed by atoms with Crippen molar-refractivity contribution in [3.05, 3.63) is 100 Å². The standard InChI is InChI=1S/C24H20ClN3O4S/c1-15-5-11-19(12-6-15)28-23(29)21(13-16-7-9-17(25)10-8-16)22(24(28)30)27-18-3-2-4-20(14-18)33(26,31)32/h2-12,14,27H,13H2,1H3,(H2,26,31,32). The summed E-state index contributed by atoms with van der Waals surface area (Å²) in [5, 5.41) is 8.73. The van der Waals surface area contributed by atoms with Crippen LogP contribution in [0, 0.1) is 6.92 Å². The molecular weight excluding hydrogens is 462 g/mol. The van der Waals surface area contributed by atoms with Crippen LogP contribution in [0.3, 0.4) is 0 Å². The molecule has 0 saturated carbocycles. The van der Waals surface area contributed by atoms with E-state index in [1.807, 2.05) is 19.1 Å². The van der Waals surface area contributed by atoms with Gasteiger partial charge >= 0.3 is 0 Å². The number of benzene rings is 3. The van der Waals surface area contributed by atoms with Crippen LogP contribution in [0.25, 0.3) is 0 Å². The van der Waals surface area contributed by atoms with Crippen molar-refractivity contribution in [1.29, 1.82) is 0 Å². The zero-order valence-corrected chi connectivity index (χ0v) is 19.2. The smallest absolute Gasteiger partial charge is 0.282 e. The molecule has 168 valence electrons. The molecule has 1 aliphatic rings. The van der Waals surface area contributed by atoms with Gasteiger partial charge in [-0.2, -0.15) is 0 Å². The maximum Gasteiger partial charge on any atom is 0.282 e. The lowest BCUT2D eigenvalue weighted by Gasteiger charge is -2.15. The Hall–Kier alpha value is -3.46. The summed E-state index contributed by atoms with van der Waals surface area (Å²) < 4.78 is 23.5. The minimum Gasteiger partial charge on any atom is -0.351 e. The Morgan fingerprint density at radius 1 is 0.939 bits per heavy atom. The van der Waals surface area contributed by atoms with Crippen LogP contribution in [0.2, 0.25) is 5.02 Å². The number of hydrogen-bond donors (Lipinski definition) is 2. The minimum atomic E-state index is -3.94. The number of nitrogens with zero attached hydrogens (tertiary/aromatic N) is 1. The fourth-order valence-electron chi connectivity index (χ4n) is 3.50. The molecule has 0 radical (unpaired) electrons. The third-order valence-corrected chi connectivity index (χ3v) is 6.36. The van der Waals surface area contributed by atoms with Crippen molar-refractivity contribution in [3.63, 3.8) is 0 Å². The number of carbonyl (C=O) groups excluding carboxylic acids is 2. The van der Waals surface area contributed by atoms with Gasteiger partial charge in [0.15, 0.2) is 0 Å². The molecule has 3 aromatic carbocycles. The molecule has 7 nitrogen and oxygen atoms in total. The first-order chi connectivity index (χ1) is 15.6. The Bertz CT molecular complexity index is 1380. The number of aryl methyl sites for hydroxylation is 1. The molecule has 4 rings (SSSR count). The highest BCUT2D eigenvalue weighted by molar-refractivity contribution is 7.89. The number of primary sulfonamides is 1. The van der Waals surface area contributed by atoms with E-state index in [1.165, 1.54) is 18.2 Å². The Labute approximate surface area is 196 Å². The summed E-state index contributed by atoms with van der Waals surface area (Å²) in [5.41, 5.74) is 2.87. The fraction of sp³-hybridized carbons (Fsp3) is 0.0833. The topological polar surface area (TPSA) is 110 Å². The van der Waals surface area contributed by atoms with E-state index in [0.29, 0.717) is 16.4 Å². The van der Waals surface area contributed by atoms with E-state index in [2.05, 4.69) is 5.32 Å². The molecule has 0 fully saturated rings. The highest BCUT2D eigenvalue weighted by atomic mass is 35.5. The molecule has 9 heteroatoms. The zero-order chi connectivity index (χ0) is 23.8. The van der Waals surface area contributed by atoms with Gasteiger partial charge in [0, 0.05) is 17.1 Å². The summed E-state index contributed by atoms with van der Waals surface area (Å²) in [5.74, 6) is -0.988. The summed E-state index contributed by atoms with van der Waals surface area (Å²) in [6.45, 7) is 1.91. The molecule has 0 atom stereocenters. The van der Waals surface area contributed by atoms with E-state index in [9.17, 15) is 18.0 Å². The number of hydrogen-bond acceptors (Lipinski definition) is 5. The van der Waals surface area contributed by atoms with Crippen LogP contribution in [-0.2, 0) is 26.0 Å². The van der Waals surface area contributed by atoms with Crippen LogP contribution < -0.4 is 15.4 Å². The Morgan fingerprint density at radius 3 is 2.24 bits per heavy atom. The summed E-state index contributed by atoms with van der Waals surface area (Å²) in [7, 11) is -3.94. The molecule has 3 aromatic rings. The van der Waals surface area contributed by atoms with Gasteiger partial charge in [-0.3, -0.25) is 9.59 Å². The lowest BCUT2D eigenvalue weighted by atomic mass is 10.0. The highest BCUT2D eigenvalue weighted by Gasteiger charge is 2.39. The first-order valence-electron chi connectivity index (χ1n) is 9.96. The molecule has 0 unspecified atom stereocenters. The molecule has 3 N–H and O–H groups in total. The van der Waals surface area contributed by atoms with E-state index < -0.39 is 21.8 Å². The van der Waals surface area contributed by atoms with Crippen LogP contribution in [-0.4, -0.2) is 20.2 Å². The lowest BCUT2D eigenvalue weighted by Crippen LogP contribution is -2.32. The van der Waals surface area contributed by atoms with Crippen molar-refractivity contribution in [2.75, 3.05) is 10.2 Å². The average Bonchev–Trinajstić information content (AvgIpc) is 2.99. The van der Waals surface area contributed by atoms with Crippen molar-refractivity contribution < 1.29 is 18.0 Å². The molecule has 0 saturated heterocycles. The molecule has 0 aromatic heterocycles. The highest BCUT2D eigenvalue weighted by Crippen LogP contribution is 2.31. The van der Waals surface area contributed by atoms with Gasteiger partial charge in [-0.15, -0.1) is 0 Å². The van der Waals surface area contributed by atoms with Crippen LogP contribution in [0.15, 0.2) is 89.0 Å². The van der Waals surface area contributed by atoms with Gasteiger partial charge in [0.2, 0.25) is 10.0 Å². The first-order valence-corrected chi connectivity index (χ1v) is 11.9. The summed E-state index contributed by atoms with van der Waals surface area (Å²) in [6, 6.07) is 19.8. The average molecular weight is 482 g/mol. The number of nitrogens with two attached hydrogens (primary N) is 1. The van der Waals surface area contributed by atoms with Gasteiger partial charge in [0.1, 0.15) is 5.70 Å². The number of rotatable bonds is 6. The van der Waals surface area contributed by atoms with Crippen molar-refractivity contribution in [1.82, 2.24) is 0 Å². The van der Waals surface area contributed by atoms with Gasteiger partial charge in [0.25, 0.3) is 11.8 Å². The predicted molar refractivity (Wildman–Crippen MR) is 127 cm³/mol. The molecule has 2 amide bonds. The summed E-state index contributed by atoms with van der Waals surface area (Å²) in [6.07, 6.45) is 0.182. The Kier molecular flexibility index (Phi) is 6.07. The van der Waals surface area contributed by atoms with E-state index in [4.69, 9.17) is 16.7 Å². The molecule has 1 aliphatic heterocycles. The van der Waals surface area contributed by atoms with E-state index in [-0.39, 0.29) is 22.6 Å². The van der Waals surface area contributed by atoms with E-state index >= 15 is 0 Å². The SMILES string of the molecule is Cc1ccc(N2C(=O)C(Cc3ccc(Cl)cc3)=C(Nc3cccc(S(N)(=O)=O)c3)C2=O)cc1. The number of anilines is 2. The number of sulfonamides is 1. The normalized spacial score (nSPS) is 14.2. The van der Waals surface area contributed by atoms with Crippen molar-refractivity contribution >= 4 is 44.8 Å². The van der Waals surface area contributed by atoms with Crippen LogP contribution in [0.5, 0.6) is 0 Å². The van der Waals surface area contributed by atoms with Gasteiger partial charge in [-0.05, 0) is 55.0 Å². The third-order valence-electron chi connectivity index (χ3n) is 5.20. The second kappa shape index (κ2) is 8.82. The molecular formula is C24H20ClN3O4S. The van der Waals surface area contributed by atoms with Crippen molar-refractivity contribution in [2.24, 2.45) is 5.14 Å². The second-order valence-corrected chi connectivity index (χ2v) is 9.63. The molecule has 0 spiro atoms. The zero-order valence-electron chi connectivity index (χ0n) is 17.6. The van der Waals surface area contributed by atoms with Gasteiger partial charge in [-0.25, -0.2) is 18.5 Å². The number of carbonyl (C=O) groups is 2. The molecule has 1 heterocycles. The van der Waals surface area contributed by atoms with E-state index in [1.54, 1.807) is 42.5 Å². The molecule has 0 aliphatic carbocycles. The molecule has 33 heavy (non-hydrogen) atoms. The monoisotopic (exact) mass is 481 g/mol. The van der Waals surface area contributed by atoms with Crippen LogP contribution in [0.4, 0.5) is 11.4 Å². The lowest BCUT2D eigenvalue weighted by molar-refractivity contribution is -0.120. The van der Waals surface area contributed by atoms with E-state index in [0.717, 1.165) is 16.0 Å². The van der Waals surface area contributed by atoms with Gasteiger partial charge < -0.3 is 5.32 Å². The first kappa shape index (κ1) is 22.7. The number of halogens is 1. The third kappa shape index (κ3) is 4.83. The van der Waals surface area contributed by atoms with Gasteiger partial charge in [0.05, 0.1) is 16.2 Å². The quantitative estimate of drug-likeness (QED) is 0.521. The van der Waals surface area contributed by atoms with Crippen molar-refractivity contribution in [3.8, 4) is 0 Å². The minimum absolute atomic E-state index is 0.0714. The molecule has 0 bridgehead atoms. The van der Waals surface area contributed by atoms with Crippen LogP contribution >= 0.6 is 11.6 Å². The number of nitrogens with one attached hydrogen (secondary N) is 1. The maximum atomic E-state index is 13.4. The Morgan fingerprint density at radius 2 is 1.61 bits per heavy atom. The van der Waals surface area contributed by atoms with Crippen molar-refractivity contribution in [2.45, 2.75) is 18.2 Å². The second-order valence-electron chi connectivity index (χ2n) is 7.64. The van der Waals surface area contributed by atoms with Crippen LogP contribution in [0.1, 0.15) is 11.1 Å². The number of imide groups is 1. The predicted octanol–water partition coefficient (Wildman–Crippen LogP) is 3.78. The summed E-state index contributed by atoms with van der Waals surface area (Å²) in [4.78, 5) is 27.7.